The van der Waals surface area contributed by atoms with E-state index in [1.807, 2.05) is 69.3 Å². The first kappa shape index (κ1) is 24.7. The molecule has 1 fully saturated rings. The van der Waals surface area contributed by atoms with Crippen molar-refractivity contribution in [1.82, 2.24) is 15.0 Å². The van der Waals surface area contributed by atoms with E-state index in [-0.39, 0.29) is 0 Å². The number of hydrazine groups is 1. The maximum Gasteiger partial charge on any atom is 0.412 e. The van der Waals surface area contributed by atoms with Crippen LogP contribution in [0.15, 0.2) is 79.1 Å². The molecule has 0 atom stereocenters. The average Bonchev–Trinajstić information content (AvgIpc) is 2.89. The van der Waals surface area contributed by atoms with Crippen molar-refractivity contribution in [2.45, 2.75) is 26.4 Å². The van der Waals surface area contributed by atoms with Crippen LogP contribution in [0.4, 0.5) is 22.0 Å². The largest absolute Gasteiger partial charge is 0.444 e. The van der Waals surface area contributed by atoms with Crippen LogP contribution < -0.4 is 10.3 Å². The summed E-state index contributed by atoms with van der Waals surface area (Å²) in [5.74, 6) is 0.822. The standard InChI is InChI=1S/C29H31N5O3/c1-29(2,3)37-28(35)32-23-12-9-21(10-13-23)22-11-14-26-25(19-22)27(31-20-30-26)34(24-7-5-4-6-8-24)33-15-17-36-18-16-33/h4-14,19-20H,15-18H2,1-3H3,(H,32,35). The number of nitrogens with one attached hydrogen (secondary N) is 1. The summed E-state index contributed by atoms with van der Waals surface area (Å²) >= 11 is 0. The summed E-state index contributed by atoms with van der Waals surface area (Å²) in [4.78, 5) is 21.4. The maximum absolute atomic E-state index is 12.1. The number of fused-ring (bicyclic) bond motifs is 1. The van der Waals surface area contributed by atoms with Gasteiger partial charge in [-0.3, -0.25) is 10.3 Å². The topological polar surface area (TPSA) is 79.8 Å². The van der Waals surface area contributed by atoms with E-state index in [1.54, 1.807) is 6.33 Å². The van der Waals surface area contributed by atoms with Crippen molar-refractivity contribution < 1.29 is 14.3 Å². The van der Waals surface area contributed by atoms with E-state index in [0.717, 1.165) is 46.6 Å². The summed E-state index contributed by atoms with van der Waals surface area (Å²) < 4.78 is 11.0. The molecule has 8 nitrogen and oxygen atoms in total. The summed E-state index contributed by atoms with van der Waals surface area (Å²) in [6.45, 7) is 8.39. The monoisotopic (exact) mass is 497 g/mol. The predicted molar refractivity (Wildman–Crippen MR) is 146 cm³/mol. The van der Waals surface area contributed by atoms with Gasteiger partial charge in [0.2, 0.25) is 0 Å². The van der Waals surface area contributed by atoms with Crippen LogP contribution in [0, 0.1) is 0 Å². The number of amides is 1. The van der Waals surface area contributed by atoms with Crippen molar-refractivity contribution >= 4 is 34.2 Å². The fraction of sp³-hybridized carbons (Fsp3) is 0.276. The molecule has 0 bridgehead atoms. The van der Waals surface area contributed by atoms with Gasteiger partial charge < -0.3 is 9.47 Å². The molecule has 1 N–H and O–H groups in total. The summed E-state index contributed by atoms with van der Waals surface area (Å²) in [5, 5.41) is 8.17. The van der Waals surface area contributed by atoms with Gasteiger partial charge in [0.1, 0.15) is 11.9 Å². The maximum atomic E-state index is 12.1. The third-order valence-corrected chi connectivity index (χ3v) is 5.95. The fourth-order valence-corrected chi connectivity index (χ4v) is 4.30. The number of anilines is 3. The molecule has 1 saturated heterocycles. The van der Waals surface area contributed by atoms with Gasteiger partial charge in [0.25, 0.3) is 0 Å². The van der Waals surface area contributed by atoms with Gasteiger partial charge in [-0.25, -0.2) is 19.8 Å². The molecule has 0 aliphatic carbocycles. The lowest BCUT2D eigenvalue weighted by Gasteiger charge is -2.38. The molecule has 1 aliphatic rings. The Labute approximate surface area is 216 Å². The minimum Gasteiger partial charge on any atom is -0.444 e. The molecule has 3 aromatic carbocycles. The molecule has 1 amide bonds. The molecule has 190 valence electrons. The van der Waals surface area contributed by atoms with Crippen LogP contribution in [-0.4, -0.2) is 53.0 Å². The van der Waals surface area contributed by atoms with E-state index in [4.69, 9.17) is 14.5 Å². The number of carbonyl (C=O) groups is 1. The lowest BCUT2D eigenvalue weighted by atomic mass is 10.0. The Bertz CT molecular complexity index is 1360. The fourth-order valence-electron chi connectivity index (χ4n) is 4.30. The van der Waals surface area contributed by atoms with Crippen LogP contribution in [0.2, 0.25) is 0 Å². The van der Waals surface area contributed by atoms with E-state index in [1.165, 1.54) is 0 Å². The smallest absolute Gasteiger partial charge is 0.412 e. The quantitative estimate of drug-likeness (QED) is 0.361. The Kier molecular flexibility index (Phi) is 7.03. The zero-order valence-electron chi connectivity index (χ0n) is 21.3. The second-order valence-electron chi connectivity index (χ2n) is 9.85. The third-order valence-electron chi connectivity index (χ3n) is 5.95. The Balaban J connectivity index is 1.48. The first-order chi connectivity index (χ1) is 17.9. The summed E-state index contributed by atoms with van der Waals surface area (Å²) in [6, 6.07) is 24.1. The molecular weight excluding hydrogens is 466 g/mol. The van der Waals surface area contributed by atoms with Crippen LogP contribution in [0.25, 0.3) is 22.0 Å². The zero-order chi connectivity index (χ0) is 25.8. The van der Waals surface area contributed by atoms with Crippen molar-refractivity contribution in [1.29, 1.82) is 0 Å². The van der Waals surface area contributed by atoms with Gasteiger partial charge >= 0.3 is 6.09 Å². The van der Waals surface area contributed by atoms with Crippen molar-refractivity contribution in [2.75, 3.05) is 36.6 Å². The first-order valence-corrected chi connectivity index (χ1v) is 12.4. The van der Waals surface area contributed by atoms with Gasteiger partial charge in [-0.15, -0.1) is 0 Å². The van der Waals surface area contributed by atoms with Gasteiger partial charge in [0, 0.05) is 24.2 Å². The van der Waals surface area contributed by atoms with E-state index in [9.17, 15) is 4.79 Å². The number of ether oxygens (including phenoxy) is 2. The molecular formula is C29H31N5O3. The van der Waals surface area contributed by atoms with E-state index < -0.39 is 11.7 Å². The van der Waals surface area contributed by atoms with Gasteiger partial charge in [-0.05, 0) is 68.3 Å². The van der Waals surface area contributed by atoms with Crippen LogP contribution >= 0.6 is 0 Å². The number of nitrogens with zero attached hydrogens (tertiary/aromatic N) is 4. The van der Waals surface area contributed by atoms with Crippen molar-refractivity contribution in [3.8, 4) is 11.1 Å². The summed E-state index contributed by atoms with van der Waals surface area (Å²) in [7, 11) is 0. The first-order valence-electron chi connectivity index (χ1n) is 12.4. The molecule has 37 heavy (non-hydrogen) atoms. The summed E-state index contributed by atoms with van der Waals surface area (Å²) in [6.07, 6.45) is 1.14. The molecule has 4 aromatic rings. The Morgan fingerprint density at radius 1 is 0.946 bits per heavy atom. The second-order valence-corrected chi connectivity index (χ2v) is 9.85. The number of aromatic nitrogens is 2. The third kappa shape index (κ3) is 5.87. The molecule has 0 radical (unpaired) electrons. The number of hydrogen-bond acceptors (Lipinski definition) is 7. The van der Waals surface area contributed by atoms with E-state index in [2.05, 4.69) is 44.6 Å². The highest BCUT2D eigenvalue weighted by Gasteiger charge is 2.24. The summed E-state index contributed by atoms with van der Waals surface area (Å²) in [5.41, 5.74) is 4.07. The van der Waals surface area contributed by atoms with Crippen molar-refractivity contribution in [3.63, 3.8) is 0 Å². The van der Waals surface area contributed by atoms with Gasteiger partial charge in [-0.2, -0.15) is 0 Å². The van der Waals surface area contributed by atoms with E-state index in [0.29, 0.717) is 18.9 Å². The second kappa shape index (κ2) is 10.5. The number of hydrogen-bond donors (Lipinski definition) is 1. The molecule has 1 aromatic heterocycles. The number of rotatable bonds is 5. The number of carbonyl (C=O) groups excluding carboxylic acids is 1. The SMILES string of the molecule is CC(C)(C)OC(=O)Nc1ccc(-c2ccc3ncnc(N(c4ccccc4)N4CCOCC4)c3c2)cc1. The van der Waals surface area contributed by atoms with Crippen LogP contribution in [-0.2, 0) is 9.47 Å². The Hall–Kier alpha value is -4.01. The molecule has 8 heteroatoms. The minimum absolute atomic E-state index is 0.475. The van der Waals surface area contributed by atoms with E-state index >= 15 is 0 Å². The van der Waals surface area contributed by atoms with Gasteiger partial charge in [-0.1, -0.05) is 36.4 Å². The molecule has 0 spiro atoms. The number of morpholine rings is 1. The normalized spacial score (nSPS) is 14.4. The molecule has 0 unspecified atom stereocenters. The Morgan fingerprint density at radius 3 is 2.35 bits per heavy atom. The minimum atomic E-state index is -0.552. The van der Waals surface area contributed by atoms with Crippen LogP contribution in [0.3, 0.4) is 0 Å². The lowest BCUT2D eigenvalue weighted by Crippen LogP contribution is -2.47. The van der Waals surface area contributed by atoms with Crippen LogP contribution in [0.1, 0.15) is 20.8 Å². The molecule has 5 rings (SSSR count). The van der Waals surface area contributed by atoms with Gasteiger partial charge in [0.15, 0.2) is 5.82 Å². The van der Waals surface area contributed by atoms with Crippen LogP contribution in [0.5, 0.6) is 0 Å². The molecule has 1 aliphatic heterocycles. The predicted octanol–water partition coefficient (Wildman–Crippen LogP) is 6.03. The van der Waals surface area contributed by atoms with Gasteiger partial charge in [0.05, 0.1) is 24.4 Å². The molecule has 0 saturated carbocycles. The Morgan fingerprint density at radius 2 is 1.65 bits per heavy atom. The number of benzene rings is 3. The highest BCUT2D eigenvalue weighted by Crippen LogP contribution is 2.34. The number of para-hydroxylation sites is 1. The van der Waals surface area contributed by atoms with Crippen molar-refractivity contribution in [3.05, 3.63) is 79.1 Å². The lowest BCUT2D eigenvalue weighted by molar-refractivity contribution is 0.0376. The molecule has 2 heterocycles. The highest BCUT2D eigenvalue weighted by molar-refractivity contribution is 5.94. The average molecular weight is 498 g/mol. The van der Waals surface area contributed by atoms with Crippen molar-refractivity contribution in [2.24, 2.45) is 0 Å². The highest BCUT2D eigenvalue weighted by atomic mass is 16.6. The zero-order valence-corrected chi connectivity index (χ0v) is 21.3.